The summed E-state index contributed by atoms with van der Waals surface area (Å²) in [7, 11) is 0. The van der Waals surface area contributed by atoms with Crippen LogP contribution in [0.4, 0.5) is 39.5 Å². The summed E-state index contributed by atoms with van der Waals surface area (Å²) >= 11 is 0. The van der Waals surface area contributed by atoms with Gasteiger partial charge in [-0.25, -0.2) is 18.0 Å². The first-order valence-corrected chi connectivity index (χ1v) is 5.38. The molecule has 0 radical (unpaired) electrons. The molecular formula is C11H5F9O3. The molecule has 0 atom stereocenters. The number of benzene rings is 1. The standard InChI is InChI=1S/C11H5F9O3/c12-5-2-7(14)6(13)1-4(5)3-23-8(21)9(22,10(15,16)17)11(18,19)20/h1-2,22H,3H2. The minimum Gasteiger partial charge on any atom is -0.458 e. The van der Waals surface area contributed by atoms with E-state index in [2.05, 4.69) is 4.74 Å². The second-order valence-corrected chi connectivity index (χ2v) is 4.14. The molecule has 0 aliphatic carbocycles. The summed E-state index contributed by atoms with van der Waals surface area (Å²) < 4.78 is 116. The van der Waals surface area contributed by atoms with E-state index < -0.39 is 53.5 Å². The number of halogens is 9. The number of carbonyl (C=O) groups is 1. The van der Waals surface area contributed by atoms with Gasteiger partial charge in [-0.1, -0.05) is 0 Å². The molecule has 0 saturated heterocycles. The van der Waals surface area contributed by atoms with Crippen molar-refractivity contribution < 1.29 is 54.2 Å². The molecule has 0 amide bonds. The largest absolute Gasteiger partial charge is 0.458 e. The van der Waals surface area contributed by atoms with Crippen molar-refractivity contribution in [2.45, 2.75) is 24.6 Å². The summed E-state index contributed by atoms with van der Waals surface area (Å²) in [6, 6.07) is 0.0103. The lowest BCUT2D eigenvalue weighted by Gasteiger charge is -2.29. The number of ether oxygens (including phenoxy) is 1. The highest BCUT2D eigenvalue weighted by molar-refractivity contribution is 5.81. The number of hydrogen-bond donors (Lipinski definition) is 1. The van der Waals surface area contributed by atoms with Crippen LogP contribution in [0, 0.1) is 17.5 Å². The smallest absolute Gasteiger partial charge is 0.437 e. The molecule has 12 heteroatoms. The molecule has 0 spiro atoms. The van der Waals surface area contributed by atoms with Gasteiger partial charge >= 0.3 is 23.9 Å². The highest BCUT2D eigenvalue weighted by atomic mass is 19.4. The van der Waals surface area contributed by atoms with Gasteiger partial charge in [-0.2, -0.15) is 26.3 Å². The lowest BCUT2D eigenvalue weighted by atomic mass is 10.0. The predicted molar refractivity (Wildman–Crippen MR) is 53.2 cm³/mol. The Labute approximate surface area is 121 Å². The minimum absolute atomic E-state index is 0.0573. The van der Waals surface area contributed by atoms with Gasteiger partial charge in [-0.3, -0.25) is 0 Å². The molecule has 0 aliphatic heterocycles. The van der Waals surface area contributed by atoms with Crippen LogP contribution in [0.2, 0.25) is 0 Å². The van der Waals surface area contributed by atoms with Crippen molar-refractivity contribution in [3.05, 3.63) is 35.1 Å². The van der Waals surface area contributed by atoms with E-state index in [4.69, 9.17) is 5.11 Å². The molecule has 1 aromatic rings. The third kappa shape index (κ3) is 3.51. The molecule has 0 heterocycles. The molecule has 130 valence electrons. The Bertz CT molecular complexity index is 592. The van der Waals surface area contributed by atoms with Gasteiger partial charge in [-0.05, 0) is 6.07 Å². The molecule has 0 unspecified atom stereocenters. The normalized spacial score (nSPS) is 13.1. The van der Waals surface area contributed by atoms with Gasteiger partial charge in [0.05, 0.1) is 0 Å². The van der Waals surface area contributed by atoms with E-state index >= 15 is 0 Å². The molecular weight excluding hydrogens is 351 g/mol. The maximum absolute atomic E-state index is 13.1. The third-order valence-electron chi connectivity index (χ3n) is 2.56. The molecule has 0 fully saturated rings. The Balaban J connectivity index is 3.05. The highest BCUT2D eigenvalue weighted by Gasteiger charge is 2.76. The lowest BCUT2D eigenvalue weighted by Crippen LogP contribution is -2.62. The molecule has 3 nitrogen and oxygen atoms in total. The van der Waals surface area contributed by atoms with Gasteiger partial charge in [0.2, 0.25) is 0 Å². The molecule has 1 N–H and O–H groups in total. The van der Waals surface area contributed by atoms with E-state index in [1.165, 1.54) is 0 Å². The van der Waals surface area contributed by atoms with Crippen LogP contribution in [0.1, 0.15) is 5.56 Å². The Morgan fingerprint density at radius 1 is 0.913 bits per heavy atom. The number of rotatable bonds is 3. The van der Waals surface area contributed by atoms with Gasteiger partial charge < -0.3 is 9.84 Å². The average molecular weight is 356 g/mol. The third-order valence-corrected chi connectivity index (χ3v) is 2.56. The van der Waals surface area contributed by atoms with Crippen molar-refractivity contribution in [3.63, 3.8) is 0 Å². The molecule has 23 heavy (non-hydrogen) atoms. The Morgan fingerprint density at radius 3 is 1.78 bits per heavy atom. The Morgan fingerprint density at radius 2 is 1.35 bits per heavy atom. The highest BCUT2D eigenvalue weighted by Crippen LogP contribution is 2.43. The van der Waals surface area contributed by atoms with Crippen molar-refractivity contribution in [1.29, 1.82) is 0 Å². The first-order chi connectivity index (χ1) is 10.2. The second kappa shape index (κ2) is 5.91. The second-order valence-electron chi connectivity index (χ2n) is 4.14. The van der Waals surface area contributed by atoms with Crippen LogP contribution in [0.25, 0.3) is 0 Å². The monoisotopic (exact) mass is 356 g/mol. The number of alkyl halides is 6. The van der Waals surface area contributed by atoms with Gasteiger partial charge in [0.25, 0.3) is 0 Å². The van der Waals surface area contributed by atoms with Crippen molar-refractivity contribution in [3.8, 4) is 0 Å². The first-order valence-electron chi connectivity index (χ1n) is 5.38. The van der Waals surface area contributed by atoms with Crippen molar-refractivity contribution in [2.75, 3.05) is 0 Å². The minimum atomic E-state index is -6.48. The van der Waals surface area contributed by atoms with Crippen LogP contribution >= 0.6 is 0 Å². The molecule has 1 aromatic carbocycles. The van der Waals surface area contributed by atoms with Gasteiger partial charge in [0.1, 0.15) is 12.4 Å². The quantitative estimate of drug-likeness (QED) is 0.515. The fraction of sp³-hybridized carbons (Fsp3) is 0.364. The number of esters is 1. The topological polar surface area (TPSA) is 46.5 Å². The Hall–Kier alpha value is -1.98. The average Bonchev–Trinajstić information content (AvgIpc) is 2.37. The number of carbonyl (C=O) groups excluding carboxylic acids is 1. The van der Waals surface area contributed by atoms with Crippen molar-refractivity contribution >= 4 is 5.97 Å². The summed E-state index contributed by atoms with van der Waals surface area (Å²) in [6.07, 6.45) is -13.0. The maximum atomic E-state index is 13.1. The van der Waals surface area contributed by atoms with E-state index in [0.717, 1.165) is 0 Å². The molecule has 0 saturated carbocycles. The number of aliphatic hydroxyl groups is 1. The van der Waals surface area contributed by atoms with Crippen LogP contribution in [0.15, 0.2) is 12.1 Å². The van der Waals surface area contributed by atoms with Crippen LogP contribution in [0.5, 0.6) is 0 Å². The number of hydrogen-bond acceptors (Lipinski definition) is 3. The zero-order valence-corrected chi connectivity index (χ0v) is 10.5. The van der Waals surface area contributed by atoms with Crippen LogP contribution in [-0.2, 0) is 16.1 Å². The molecule has 0 bridgehead atoms. The molecule has 1 rings (SSSR count). The fourth-order valence-corrected chi connectivity index (χ4v) is 1.31. The summed E-state index contributed by atoms with van der Waals surface area (Å²) in [5.74, 6) is -8.14. The van der Waals surface area contributed by atoms with E-state index in [-0.39, 0.29) is 12.1 Å². The lowest BCUT2D eigenvalue weighted by molar-refractivity contribution is -0.357. The summed E-state index contributed by atoms with van der Waals surface area (Å²) in [4.78, 5) is 11.0. The van der Waals surface area contributed by atoms with E-state index in [0.29, 0.717) is 0 Å². The van der Waals surface area contributed by atoms with Crippen molar-refractivity contribution in [2.24, 2.45) is 0 Å². The zero-order valence-electron chi connectivity index (χ0n) is 10.5. The van der Waals surface area contributed by atoms with Gasteiger partial charge in [-0.15, -0.1) is 0 Å². The van der Waals surface area contributed by atoms with E-state index in [1.54, 1.807) is 0 Å². The fourth-order valence-electron chi connectivity index (χ4n) is 1.31. The summed E-state index contributed by atoms with van der Waals surface area (Å²) in [5, 5.41) is 8.65. The Kier molecular flexibility index (Phi) is 4.90. The summed E-state index contributed by atoms with van der Waals surface area (Å²) in [6.45, 7) is -1.60. The first kappa shape index (κ1) is 19.1. The maximum Gasteiger partial charge on any atom is 0.437 e. The van der Waals surface area contributed by atoms with Crippen LogP contribution in [0.3, 0.4) is 0 Å². The zero-order chi connectivity index (χ0) is 18.2. The van der Waals surface area contributed by atoms with Crippen molar-refractivity contribution in [1.82, 2.24) is 0 Å². The van der Waals surface area contributed by atoms with Crippen LogP contribution in [-0.4, -0.2) is 29.0 Å². The molecule has 0 aliphatic rings. The summed E-state index contributed by atoms with van der Waals surface area (Å²) in [5.41, 5.74) is -6.89. The SMILES string of the molecule is O=C(OCc1cc(F)c(F)cc1F)C(O)(C(F)(F)F)C(F)(F)F. The molecule has 0 aromatic heterocycles. The van der Waals surface area contributed by atoms with Gasteiger partial charge in [0, 0.05) is 11.6 Å². The van der Waals surface area contributed by atoms with E-state index in [9.17, 15) is 44.3 Å². The predicted octanol–water partition coefficient (Wildman–Crippen LogP) is 3.00. The van der Waals surface area contributed by atoms with Gasteiger partial charge in [0.15, 0.2) is 11.6 Å². The van der Waals surface area contributed by atoms with Crippen LogP contribution < -0.4 is 0 Å². The van der Waals surface area contributed by atoms with E-state index in [1.807, 2.05) is 0 Å².